The molecule has 7 heteroatoms. The molecule has 4 rings (SSSR count). The number of Topliss-reactive ketones (excluding diaryl/α,β-unsaturated/α-hetero) is 2. The van der Waals surface area contributed by atoms with Crippen molar-refractivity contribution in [2.45, 2.75) is 99.2 Å². The molecule has 4 aliphatic carbocycles. The van der Waals surface area contributed by atoms with Crippen LogP contribution in [0, 0.1) is 39.4 Å². The number of hydrogen-bond acceptors (Lipinski definition) is 6. The van der Waals surface area contributed by atoms with Crippen LogP contribution in [0.5, 0.6) is 0 Å². The Hall–Kier alpha value is -2.12. The second kappa shape index (κ2) is 8.70. The summed E-state index contributed by atoms with van der Waals surface area (Å²) in [6, 6.07) is 0. The summed E-state index contributed by atoms with van der Waals surface area (Å²) in [6.45, 7) is 13.1. The molecule has 6 unspecified atom stereocenters. The van der Waals surface area contributed by atoms with E-state index in [2.05, 4.69) is 6.92 Å². The fraction of sp³-hybridized carbons (Fsp3) is 0.733. The topological polar surface area (TPSA) is 129 Å². The molecule has 0 spiro atoms. The van der Waals surface area contributed by atoms with E-state index >= 15 is 0 Å². The lowest BCUT2D eigenvalue weighted by Crippen LogP contribution is -2.60. The molecule has 0 aromatic rings. The van der Waals surface area contributed by atoms with Crippen LogP contribution in [-0.2, 0) is 19.2 Å². The van der Waals surface area contributed by atoms with E-state index in [1.165, 1.54) is 13.0 Å². The van der Waals surface area contributed by atoms with Crippen molar-refractivity contribution in [3.63, 3.8) is 0 Å². The highest BCUT2D eigenvalue weighted by Gasteiger charge is 2.69. The molecule has 4 aliphatic rings. The summed E-state index contributed by atoms with van der Waals surface area (Å²) in [5.74, 6) is -2.44. The van der Waals surface area contributed by atoms with Gasteiger partial charge in [-0.3, -0.25) is 19.2 Å². The third-order valence-electron chi connectivity index (χ3n) is 11.2. The molecule has 0 bridgehead atoms. The van der Waals surface area contributed by atoms with Crippen molar-refractivity contribution in [3.8, 4) is 0 Å². The number of carboxylic acids is 1. The van der Waals surface area contributed by atoms with E-state index < -0.39 is 45.8 Å². The lowest BCUT2D eigenvalue weighted by atomic mass is 9.42. The van der Waals surface area contributed by atoms with E-state index in [0.29, 0.717) is 36.8 Å². The summed E-state index contributed by atoms with van der Waals surface area (Å²) in [5, 5.41) is 32.4. The maximum absolute atomic E-state index is 14.0. The van der Waals surface area contributed by atoms with Crippen LogP contribution in [0.1, 0.15) is 87.0 Å². The summed E-state index contributed by atoms with van der Waals surface area (Å²) >= 11 is 0. The Labute approximate surface area is 219 Å². The first-order valence-electron chi connectivity index (χ1n) is 13.5. The first kappa shape index (κ1) is 27.9. The van der Waals surface area contributed by atoms with Crippen molar-refractivity contribution in [2.24, 2.45) is 39.4 Å². The number of carbonyl (C=O) groups is 4. The predicted octanol–water partition coefficient (Wildman–Crippen LogP) is 4.05. The van der Waals surface area contributed by atoms with Crippen molar-refractivity contribution < 1.29 is 34.5 Å². The maximum Gasteiger partial charge on any atom is 0.306 e. The fourth-order valence-corrected chi connectivity index (χ4v) is 8.77. The standard InChI is InChI=1S/C30H42O7/c1-15(10-17(31)11-16(2)26(36)37)18-12-23(35)30(7)25-19(32)13-21-27(3,4)22(34)8-9-28(21,5)24(25)20(33)14-29(18,30)6/h10,16,18-19,21,23,32,35H,8-9,11-14H2,1-7H3,(H,36,37)/b15-10-/t16?,18?,19-,21?,23-,28?,29?,30?/m0/s1. The van der Waals surface area contributed by atoms with Gasteiger partial charge in [0.15, 0.2) is 11.6 Å². The summed E-state index contributed by atoms with van der Waals surface area (Å²) in [5.41, 5.74) is -0.855. The molecule has 3 N–H and O–H groups in total. The van der Waals surface area contributed by atoms with Crippen molar-refractivity contribution in [3.05, 3.63) is 22.8 Å². The van der Waals surface area contributed by atoms with Crippen LogP contribution < -0.4 is 0 Å². The average Bonchev–Trinajstić information content (AvgIpc) is 2.99. The molecular weight excluding hydrogens is 472 g/mol. The van der Waals surface area contributed by atoms with Crippen LogP contribution in [0.2, 0.25) is 0 Å². The zero-order valence-corrected chi connectivity index (χ0v) is 23.2. The minimum Gasteiger partial charge on any atom is -0.481 e. The number of carbonyl (C=O) groups excluding carboxylic acids is 3. The van der Waals surface area contributed by atoms with Gasteiger partial charge in [0.25, 0.3) is 0 Å². The van der Waals surface area contributed by atoms with Crippen molar-refractivity contribution in [1.82, 2.24) is 0 Å². The molecule has 0 aromatic heterocycles. The average molecular weight is 515 g/mol. The minimum atomic E-state index is -1.03. The monoisotopic (exact) mass is 514 g/mol. The SMILES string of the molecule is C/C(=C/C(=O)CC(C)C(=O)O)C1C[C@H](O)C2(C)C3=C(C(=O)CC12C)C1(C)CCC(=O)C(C)(C)C1C[C@@H]3O. The van der Waals surface area contributed by atoms with Crippen molar-refractivity contribution in [2.75, 3.05) is 0 Å². The molecule has 0 amide bonds. The third kappa shape index (κ3) is 3.75. The third-order valence-corrected chi connectivity index (χ3v) is 11.2. The Kier molecular flexibility index (Phi) is 6.56. The maximum atomic E-state index is 14.0. The second-order valence-electron chi connectivity index (χ2n) is 13.5. The Morgan fingerprint density at radius 2 is 1.70 bits per heavy atom. The van der Waals surface area contributed by atoms with Crippen LogP contribution in [0.25, 0.3) is 0 Å². The highest BCUT2D eigenvalue weighted by atomic mass is 16.4. The number of fused-ring (bicyclic) bond motifs is 4. The zero-order valence-electron chi connectivity index (χ0n) is 23.2. The molecule has 0 saturated heterocycles. The quantitative estimate of drug-likeness (QED) is 0.472. The Balaban J connectivity index is 1.80. The van der Waals surface area contributed by atoms with E-state index in [1.54, 1.807) is 0 Å². The summed E-state index contributed by atoms with van der Waals surface area (Å²) in [4.78, 5) is 50.7. The largest absolute Gasteiger partial charge is 0.481 e. The van der Waals surface area contributed by atoms with Gasteiger partial charge in [-0.05, 0) is 55.1 Å². The molecule has 2 saturated carbocycles. The zero-order chi connectivity index (χ0) is 27.9. The van der Waals surface area contributed by atoms with Crippen LogP contribution >= 0.6 is 0 Å². The lowest BCUT2D eigenvalue weighted by Gasteiger charge is -2.61. The number of rotatable bonds is 5. The molecule has 0 aromatic carbocycles. The van der Waals surface area contributed by atoms with E-state index in [4.69, 9.17) is 5.11 Å². The van der Waals surface area contributed by atoms with Gasteiger partial charge in [0.2, 0.25) is 0 Å². The fourth-order valence-electron chi connectivity index (χ4n) is 8.77. The van der Waals surface area contributed by atoms with Crippen LogP contribution in [0.4, 0.5) is 0 Å². The number of hydrogen-bond donors (Lipinski definition) is 3. The van der Waals surface area contributed by atoms with Gasteiger partial charge < -0.3 is 15.3 Å². The Bertz CT molecular complexity index is 1130. The molecule has 0 heterocycles. The van der Waals surface area contributed by atoms with Gasteiger partial charge in [0.1, 0.15) is 5.78 Å². The first-order valence-corrected chi connectivity index (χ1v) is 13.5. The molecular formula is C30H42O7. The number of ketones is 3. The number of aliphatic carboxylic acids is 1. The van der Waals surface area contributed by atoms with Crippen molar-refractivity contribution in [1.29, 1.82) is 0 Å². The van der Waals surface area contributed by atoms with Gasteiger partial charge in [-0.2, -0.15) is 0 Å². The number of aliphatic hydroxyl groups excluding tert-OH is 2. The van der Waals surface area contributed by atoms with Gasteiger partial charge in [-0.25, -0.2) is 0 Å². The molecule has 8 atom stereocenters. The molecule has 204 valence electrons. The predicted molar refractivity (Wildman–Crippen MR) is 137 cm³/mol. The second-order valence-corrected chi connectivity index (χ2v) is 13.5. The van der Waals surface area contributed by atoms with E-state index in [-0.39, 0.29) is 42.0 Å². The van der Waals surface area contributed by atoms with Crippen molar-refractivity contribution >= 4 is 23.3 Å². The Morgan fingerprint density at radius 1 is 1.08 bits per heavy atom. The summed E-state index contributed by atoms with van der Waals surface area (Å²) < 4.78 is 0. The van der Waals surface area contributed by atoms with E-state index in [9.17, 15) is 29.4 Å². The summed E-state index contributed by atoms with van der Waals surface area (Å²) in [7, 11) is 0. The molecule has 0 aliphatic heterocycles. The van der Waals surface area contributed by atoms with Gasteiger partial charge in [-0.15, -0.1) is 0 Å². The van der Waals surface area contributed by atoms with Crippen LogP contribution in [0.15, 0.2) is 22.8 Å². The highest BCUT2D eigenvalue weighted by Crippen LogP contribution is 2.71. The highest BCUT2D eigenvalue weighted by molar-refractivity contribution is 6.01. The minimum absolute atomic E-state index is 0.0379. The molecule has 2 fully saturated rings. The molecule has 0 radical (unpaired) electrons. The van der Waals surface area contributed by atoms with Gasteiger partial charge in [-0.1, -0.05) is 47.1 Å². The van der Waals surface area contributed by atoms with Gasteiger partial charge >= 0.3 is 5.97 Å². The Morgan fingerprint density at radius 3 is 2.30 bits per heavy atom. The molecule has 37 heavy (non-hydrogen) atoms. The van der Waals surface area contributed by atoms with Gasteiger partial charge in [0.05, 0.1) is 18.1 Å². The summed E-state index contributed by atoms with van der Waals surface area (Å²) in [6.07, 6.45) is 1.42. The number of carboxylic acid groups (broad SMARTS) is 1. The molecule has 7 nitrogen and oxygen atoms in total. The number of allylic oxidation sites excluding steroid dienone is 3. The number of aliphatic hydroxyl groups is 2. The normalized spacial score (nSPS) is 42.1. The van der Waals surface area contributed by atoms with Crippen LogP contribution in [0.3, 0.4) is 0 Å². The smallest absolute Gasteiger partial charge is 0.306 e. The van der Waals surface area contributed by atoms with E-state index in [1.807, 2.05) is 34.6 Å². The van der Waals surface area contributed by atoms with Gasteiger partial charge in [0, 0.05) is 41.1 Å². The van der Waals surface area contributed by atoms with E-state index in [0.717, 1.165) is 5.57 Å². The lowest BCUT2D eigenvalue weighted by molar-refractivity contribution is -0.145. The van der Waals surface area contributed by atoms with Crippen LogP contribution in [-0.4, -0.2) is 50.8 Å². The first-order chi connectivity index (χ1) is 16.9.